The predicted molar refractivity (Wildman–Crippen MR) is 109 cm³/mol. The van der Waals surface area contributed by atoms with E-state index in [9.17, 15) is 4.79 Å². The Morgan fingerprint density at radius 2 is 2.00 bits per heavy atom. The molecule has 1 unspecified atom stereocenters. The van der Waals surface area contributed by atoms with Gasteiger partial charge >= 0.3 is 0 Å². The maximum Gasteiger partial charge on any atom is 0.222 e. The van der Waals surface area contributed by atoms with Crippen molar-refractivity contribution in [1.29, 1.82) is 0 Å². The van der Waals surface area contributed by atoms with Gasteiger partial charge in [0.1, 0.15) is 12.1 Å². The third kappa shape index (κ3) is 4.45. The molecule has 1 amide bonds. The second-order valence-corrected chi connectivity index (χ2v) is 7.26. The summed E-state index contributed by atoms with van der Waals surface area (Å²) in [6.45, 7) is 1.49. The van der Waals surface area contributed by atoms with Gasteiger partial charge in [-0.25, -0.2) is 9.97 Å². The lowest BCUT2D eigenvalue weighted by Crippen LogP contribution is -2.39. The van der Waals surface area contributed by atoms with Crippen molar-refractivity contribution < 1.29 is 9.53 Å². The summed E-state index contributed by atoms with van der Waals surface area (Å²) in [6.07, 6.45) is 12.0. The molecule has 1 aromatic carbocycles. The van der Waals surface area contributed by atoms with E-state index in [0.29, 0.717) is 13.0 Å². The number of rotatable bonds is 6. The van der Waals surface area contributed by atoms with Gasteiger partial charge in [-0.2, -0.15) is 0 Å². The summed E-state index contributed by atoms with van der Waals surface area (Å²) in [4.78, 5) is 28.0. The van der Waals surface area contributed by atoms with Crippen molar-refractivity contribution >= 4 is 5.91 Å². The van der Waals surface area contributed by atoms with Gasteiger partial charge in [-0.05, 0) is 37.0 Å². The summed E-state index contributed by atoms with van der Waals surface area (Å²) in [6, 6.07) is 7.90. The van der Waals surface area contributed by atoms with Crippen LogP contribution in [0.2, 0.25) is 0 Å². The highest BCUT2D eigenvalue weighted by Crippen LogP contribution is 2.29. The number of aromatic nitrogens is 4. The topological polar surface area (TPSA) is 73.1 Å². The molecule has 7 nitrogen and oxygen atoms in total. The molecule has 1 saturated heterocycles. The van der Waals surface area contributed by atoms with Crippen molar-refractivity contribution in [3.63, 3.8) is 0 Å². The lowest BCUT2D eigenvalue weighted by molar-refractivity contribution is -0.132. The van der Waals surface area contributed by atoms with E-state index < -0.39 is 0 Å². The molecule has 4 rings (SSSR count). The van der Waals surface area contributed by atoms with E-state index in [-0.39, 0.29) is 11.8 Å². The van der Waals surface area contributed by atoms with Crippen molar-refractivity contribution in [3.8, 4) is 11.6 Å². The fourth-order valence-corrected chi connectivity index (χ4v) is 3.84. The van der Waals surface area contributed by atoms with Gasteiger partial charge in [-0.1, -0.05) is 12.1 Å². The zero-order valence-electron chi connectivity index (χ0n) is 16.6. The molecule has 7 heteroatoms. The van der Waals surface area contributed by atoms with Gasteiger partial charge in [0.2, 0.25) is 5.91 Å². The number of imidazole rings is 1. The minimum absolute atomic E-state index is 0.180. The average molecular weight is 391 g/mol. The Balaban J connectivity index is 1.41. The van der Waals surface area contributed by atoms with Gasteiger partial charge in [-0.3, -0.25) is 14.3 Å². The van der Waals surface area contributed by atoms with Crippen LogP contribution in [0.4, 0.5) is 0 Å². The summed E-state index contributed by atoms with van der Waals surface area (Å²) < 4.78 is 7.07. The quantitative estimate of drug-likeness (QED) is 0.646. The molecule has 1 aliphatic rings. The van der Waals surface area contributed by atoms with Gasteiger partial charge in [0, 0.05) is 50.2 Å². The predicted octanol–water partition coefficient (Wildman–Crippen LogP) is 3.01. The molecule has 3 heterocycles. The van der Waals surface area contributed by atoms with Crippen LogP contribution in [0.5, 0.6) is 5.75 Å². The Kier molecular flexibility index (Phi) is 5.84. The normalized spacial score (nSPS) is 16.6. The third-order valence-corrected chi connectivity index (χ3v) is 5.40. The van der Waals surface area contributed by atoms with Crippen LogP contribution in [0.25, 0.3) is 5.82 Å². The van der Waals surface area contributed by atoms with Crippen molar-refractivity contribution in [3.05, 3.63) is 66.6 Å². The monoisotopic (exact) mass is 391 g/mol. The van der Waals surface area contributed by atoms with E-state index in [0.717, 1.165) is 48.6 Å². The molecule has 1 fully saturated rings. The van der Waals surface area contributed by atoms with E-state index in [2.05, 4.69) is 15.0 Å². The standard InChI is InChI=1S/C22H25N5O2/c1-29-19-7-4-17(5-8-19)6-9-20(28)26-13-2-3-18(15-26)21-22(25-11-10-24-21)27-14-12-23-16-27/h4-5,7-8,10-12,14,16,18H,2-3,6,9,13,15H2,1H3. The minimum atomic E-state index is 0.180. The van der Waals surface area contributed by atoms with Gasteiger partial charge < -0.3 is 9.64 Å². The van der Waals surface area contributed by atoms with E-state index in [1.54, 1.807) is 32.0 Å². The second-order valence-electron chi connectivity index (χ2n) is 7.26. The number of likely N-dealkylation sites (tertiary alicyclic amines) is 1. The van der Waals surface area contributed by atoms with Crippen molar-refractivity contribution in [1.82, 2.24) is 24.4 Å². The Morgan fingerprint density at radius 3 is 2.76 bits per heavy atom. The summed E-state index contributed by atoms with van der Waals surface area (Å²) in [7, 11) is 1.65. The van der Waals surface area contributed by atoms with Crippen LogP contribution < -0.4 is 4.74 Å². The van der Waals surface area contributed by atoms with Gasteiger partial charge in [0.15, 0.2) is 5.82 Å². The Hall–Kier alpha value is -3.22. The maximum atomic E-state index is 12.8. The molecule has 0 aliphatic carbocycles. The number of ether oxygens (including phenoxy) is 1. The number of aryl methyl sites for hydroxylation is 1. The molecular formula is C22H25N5O2. The number of carbonyl (C=O) groups excluding carboxylic acids is 1. The van der Waals surface area contributed by atoms with Gasteiger partial charge in [0.05, 0.1) is 12.8 Å². The first-order valence-electron chi connectivity index (χ1n) is 9.94. The molecule has 150 valence electrons. The van der Waals surface area contributed by atoms with Gasteiger partial charge in [0.25, 0.3) is 0 Å². The molecule has 2 aromatic heterocycles. The number of hydrogen-bond donors (Lipinski definition) is 0. The zero-order valence-corrected chi connectivity index (χ0v) is 16.6. The Morgan fingerprint density at radius 1 is 1.17 bits per heavy atom. The first kappa shape index (κ1) is 19.1. The highest BCUT2D eigenvalue weighted by Gasteiger charge is 2.27. The average Bonchev–Trinajstić information content (AvgIpc) is 3.33. The summed E-state index contributed by atoms with van der Waals surface area (Å²) >= 11 is 0. The molecule has 1 atom stereocenters. The number of amides is 1. The number of hydrogen-bond acceptors (Lipinski definition) is 5. The molecular weight excluding hydrogens is 366 g/mol. The number of nitrogens with zero attached hydrogens (tertiary/aromatic N) is 5. The lowest BCUT2D eigenvalue weighted by Gasteiger charge is -2.33. The van der Waals surface area contributed by atoms with Crippen molar-refractivity contribution in [2.24, 2.45) is 0 Å². The van der Waals surface area contributed by atoms with Crippen molar-refractivity contribution in [2.75, 3.05) is 20.2 Å². The number of piperidine rings is 1. The molecule has 0 radical (unpaired) electrons. The highest BCUT2D eigenvalue weighted by atomic mass is 16.5. The summed E-state index contributed by atoms with van der Waals surface area (Å²) in [5.74, 6) is 2.00. The minimum Gasteiger partial charge on any atom is -0.497 e. The molecule has 3 aromatic rings. The smallest absolute Gasteiger partial charge is 0.222 e. The summed E-state index contributed by atoms with van der Waals surface area (Å²) in [5, 5.41) is 0. The lowest BCUT2D eigenvalue weighted by atomic mass is 9.93. The largest absolute Gasteiger partial charge is 0.497 e. The van der Waals surface area contributed by atoms with Crippen LogP contribution in [-0.2, 0) is 11.2 Å². The molecule has 29 heavy (non-hydrogen) atoms. The van der Waals surface area contributed by atoms with E-state index in [1.165, 1.54) is 0 Å². The first-order valence-corrected chi connectivity index (χ1v) is 9.94. The fourth-order valence-electron chi connectivity index (χ4n) is 3.84. The second kappa shape index (κ2) is 8.86. The van der Waals surface area contributed by atoms with Crippen LogP contribution in [0.3, 0.4) is 0 Å². The molecule has 0 N–H and O–H groups in total. The highest BCUT2D eigenvalue weighted by molar-refractivity contribution is 5.76. The molecule has 0 bridgehead atoms. The number of benzene rings is 1. The van der Waals surface area contributed by atoms with Crippen LogP contribution in [0.15, 0.2) is 55.4 Å². The first-order chi connectivity index (χ1) is 14.2. The van der Waals surface area contributed by atoms with E-state index in [4.69, 9.17) is 4.74 Å². The van der Waals surface area contributed by atoms with E-state index in [1.807, 2.05) is 39.9 Å². The fraction of sp³-hybridized carbons (Fsp3) is 0.364. The van der Waals surface area contributed by atoms with Crippen LogP contribution in [-0.4, -0.2) is 50.5 Å². The number of carbonyl (C=O) groups is 1. The molecule has 1 aliphatic heterocycles. The van der Waals surface area contributed by atoms with Crippen molar-refractivity contribution in [2.45, 2.75) is 31.6 Å². The Labute approximate surface area is 170 Å². The number of methoxy groups -OCH3 is 1. The Bertz CT molecular complexity index is 940. The molecule has 0 saturated carbocycles. The van der Waals surface area contributed by atoms with Gasteiger partial charge in [-0.15, -0.1) is 0 Å². The third-order valence-electron chi connectivity index (χ3n) is 5.40. The van der Waals surface area contributed by atoms with Crippen LogP contribution in [0, 0.1) is 0 Å². The summed E-state index contributed by atoms with van der Waals surface area (Å²) in [5.41, 5.74) is 2.07. The SMILES string of the molecule is COc1ccc(CCC(=O)N2CCCC(c3nccnc3-n3ccnc3)C2)cc1. The molecule has 0 spiro atoms. The van der Waals surface area contributed by atoms with Crippen LogP contribution >= 0.6 is 0 Å². The zero-order chi connectivity index (χ0) is 20.1. The maximum absolute atomic E-state index is 12.8. The van der Waals surface area contributed by atoms with E-state index >= 15 is 0 Å². The van der Waals surface area contributed by atoms with Crippen LogP contribution in [0.1, 0.15) is 36.4 Å².